The monoisotopic (exact) mass is 241 g/mol. The van der Waals surface area contributed by atoms with Gasteiger partial charge in [0.05, 0.1) is 5.56 Å². The number of amides is 1. The van der Waals surface area contributed by atoms with Crippen LogP contribution in [0, 0.1) is 23.3 Å². The van der Waals surface area contributed by atoms with E-state index in [1.807, 2.05) is 0 Å². The smallest absolute Gasteiger partial charge is 0.407 e. The van der Waals surface area contributed by atoms with Gasteiger partial charge < -0.3 is 10.5 Å². The van der Waals surface area contributed by atoms with Crippen molar-refractivity contribution in [3.63, 3.8) is 0 Å². The fraction of sp³-hybridized carbons (Fsp3) is 0.125. The number of hydrogen-bond donors (Lipinski definition) is 1. The van der Waals surface area contributed by atoms with Crippen molar-refractivity contribution in [3.8, 4) is 0 Å². The van der Waals surface area contributed by atoms with Gasteiger partial charge >= 0.3 is 6.09 Å². The number of rotatable bonds is 2. The van der Waals surface area contributed by atoms with E-state index in [0.717, 1.165) is 0 Å². The lowest BCUT2D eigenvalue weighted by Gasteiger charge is -2.10. The summed E-state index contributed by atoms with van der Waals surface area (Å²) in [6.07, 6.45) is -4.43. The van der Waals surface area contributed by atoms with Crippen LogP contribution in [0.3, 0.4) is 0 Å². The first kappa shape index (κ1) is 12.2. The number of alkyl halides is 1. The Morgan fingerprint density at radius 1 is 1.19 bits per heavy atom. The van der Waals surface area contributed by atoms with E-state index in [4.69, 9.17) is 0 Å². The third-order valence-corrected chi connectivity index (χ3v) is 1.59. The molecule has 16 heavy (non-hydrogen) atoms. The molecule has 1 amide bonds. The number of benzene rings is 1. The Hall–Kier alpha value is -1.86. The van der Waals surface area contributed by atoms with Gasteiger partial charge in [-0.25, -0.2) is 22.4 Å². The molecule has 0 aliphatic heterocycles. The van der Waals surface area contributed by atoms with Crippen molar-refractivity contribution >= 4 is 6.09 Å². The molecule has 1 unspecified atom stereocenters. The quantitative estimate of drug-likeness (QED) is 0.490. The minimum atomic E-state index is -2.82. The van der Waals surface area contributed by atoms with Crippen LogP contribution in [-0.2, 0) is 4.74 Å². The van der Waals surface area contributed by atoms with E-state index in [1.165, 1.54) is 0 Å². The Kier molecular flexibility index (Phi) is 3.31. The van der Waals surface area contributed by atoms with Crippen molar-refractivity contribution < 1.29 is 31.5 Å². The molecule has 2 N–H and O–H groups in total. The highest BCUT2D eigenvalue weighted by atomic mass is 19.2. The summed E-state index contributed by atoms with van der Waals surface area (Å²) in [7, 11) is 0. The standard InChI is InChI=1S/C8H4F5NO2/c9-3-1-2(7(13)16-8(14)15)4(10)6(12)5(3)11/h1,7H,(H2,14,15). The van der Waals surface area contributed by atoms with E-state index in [1.54, 1.807) is 0 Å². The topological polar surface area (TPSA) is 52.3 Å². The number of halogens is 5. The Bertz CT molecular complexity index is 437. The number of hydrogen-bond acceptors (Lipinski definition) is 2. The fourth-order valence-electron chi connectivity index (χ4n) is 0.922. The second kappa shape index (κ2) is 4.33. The molecule has 0 aromatic heterocycles. The second-order valence-electron chi connectivity index (χ2n) is 2.64. The maximum absolute atomic E-state index is 12.9. The summed E-state index contributed by atoms with van der Waals surface area (Å²) in [5, 5.41) is 0. The molecule has 88 valence electrons. The SMILES string of the molecule is NC(=O)OC(F)c1cc(F)c(F)c(F)c1F. The van der Waals surface area contributed by atoms with Crippen LogP contribution in [0.4, 0.5) is 26.7 Å². The predicted molar refractivity (Wildman–Crippen MR) is 40.8 cm³/mol. The van der Waals surface area contributed by atoms with Crippen LogP contribution in [0.15, 0.2) is 6.07 Å². The maximum atomic E-state index is 12.9. The van der Waals surface area contributed by atoms with Crippen LogP contribution in [-0.4, -0.2) is 6.09 Å². The molecule has 0 spiro atoms. The number of ether oxygens (including phenoxy) is 1. The van der Waals surface area contributed by atoms with Crippen molar-refractivity contribution in [2.45, 2.75) is 6.36 Å². The fourth-order valence-corrected chi connectivity index (χ4v) is 0.922. The lowest BCUT2D eigenvalue weighted by atomic mass is 10.2. The summed E-state index contributed by atoms with van der Waals surface area (Å²) < 4.78 is 67.1. The summed E-state index contributed by atoms with van der Waals surface area (Å²) in [6, 6.07) is 0.0291. The third-order valence-electron chi connectivity index (χ3n) is 1.59. The number of primary amides is 1. The van der Waals surface area contributed by atoms with E-state index in [0.29, 0.717) is 0 Å². The van der Waals surface area contributed by atoms with Crippen molar-refractivity contribution in [1.82, 2.24) is 0 Å². The zero-order chi connectivity index (χ0) is 12.5. The molecule has 8 heteroatoms. The molecule has 1 aromatic rings. The predicted octanol–water partition coefficient (Wildman–Crippen LogP) is 2.31. The van der Waals surface area contributed by atoms with Crippen molar-refractivity contribution in [2.75, 3.05) is 0 Å². The van der Waals surface area contributed by atoms with E-state index < -0.39 is 41.3 Å². The molecule has 0 radical (unpaired) electrons. The molecule has 0 saturated carbocycles. The normalized spacial score (nSPS) is 12.3. The summed E-state index contributed by atoms with van der Waals surface area (Å²) in [5.41, 5.74) is 3.11. The molecular weight excluding hydrogens is 237 g/mol. The Morgan fingerprint density at radius 3 is 2.25 bits per heavy atom. The molecule has 0 bridgehead atoms. The van der Waals surface area contributed by atoms with Gasteiger partial charge in [-0.15, -0.1) is 0 Å². The Morgan fingerprint density at radius 2 is 1.75 bits per heavy atom. The highest BCUT2D eigenvalue weighted by Gasteiger charge is 2.25. The molecule has 0 saturated heterocycles. The van der Waals surface area contributed by atoms with Crippen LogP contribution in [0.25, 0.3) is 0 Å². The van der Waals surface area contributed by atoms with Gasteiger partial charge in [0.15, 0.2) is 23.3 Å². The van der Waals surface area contributed by atoms with E-state index in [-0.39, 0.29) is 6.07 Å². The zero-order valence-corrected chi connectivity index (χ0v) is 7.44. The molecular formula is C8H4F5NO2. The van der Waals surface area contributed by atoms with Crippen LogP contribution in [0.1, 0.15) is 11.9 Å². The molecule has 0 aliphatic carbocycles. The van der Waals surface area contributed by atoms with Gasteiger partial charge in [-0.2, -0.15) is 4.39 Å². The molecule has 0 aliphatic rings. The summed E-state index contributed by atoms with van der Waals surface area (Å²) in [4.78, 5) is 10.1. The Labute approximate surface area is 85.6 Å². The van der Waals surface area contributed by atoms with Crippen LogP contribution in [0.2, 0.25) is 0 Å². The van der Waals surface area contributed by atoms with Crippen molar-refractivity contribution in [3.05, 3.63) is 34.9 Å². The van der Waals surface area contributed by atoms with Gasteiger partial charge in [0.25, 0.3) is 6.36 Å². The van der Waals surface area contributed by atoms with Crippen LogP contribution >= 0.6 is 0 Å². The van der Waals surface area contributed by atoms with E-state index in [9.17, 15) is 26.7 Å². The van der Waals surface area contributed by atoms with Crippen LogP contribution < -0.4 is 5.73 Å². The van der Waals surface area contributed by atoms with Gasteiger partial charge in [-0.3, -0.25) is 0 Å². The molecule has 1 rings (SSSR count). The average molecular weight is 241 g/mol. The number of carbonyl (C=O) groups is 1. The molecule has 1 aromatic carbocycles. The molecule has 3 nitrogen and oxygen atoms in total. The number of carbonyl (C=O) groups excluding carboxylic acids is 1. The lowest BCUT2D eigenvalue weighted by molar-refractivity contribution is 0.0147. The van der Waals surface area contributed by atoms with E-state index >= 15 is 0 Å². The van der Waals surface area contributed by atoms with Gasteiger partial charge in [-0.1, -0.05) is 0 Å². The number of nitrogens with two attached hydrogens (primary N) is 1. The van der Waals surface area contributed by atoms with Gasteiger partial charge in [0.1, 0.15) is 0 Å². The molecule has 1 atom stereocenters. The Balaban J connectivity index is 3.19. The van der Waals surface area contributed by atoms with Gasteiger partial charge in [0, 0.05) is 0 Å². The van der Waals surface area contributed by atoms with E-state index in [2.05, 4.69) is 10.5 Å². The molecule has 0 heterocycles. The minimum Gasteiger partial charge on any atom is -0.411 e. The second-order valence-corrected chi connectivity index (χ2v) is 2.64. The largest absolute Gasteiger partial charge is 0.411 e. The van der Waals surface area contributed by atoms with Crippen molar-refractivity contribution in [2.24, 2.45) is 5.73 Å². The summed E-state index contributed by atoms with van der Waals surface area (Å²) >= 11 is 0. The highest BCUT2D eigenvalue weighted by Crippen LogP contribution is 2.26. The average Bonchev–Trinajstić information content (AvgIpc) is 2.19. The first-order valence-corrected chi connectivity index (χ1v) is 3.77. The zero-order valence-electron chi connectivity index (χ0n) is 7.44. The first-order chi connectivity index (χ1) is 7.34. The van der Waals surface area contributed by atoms with Crippen LogP contribution in [0.5, 0.6) is 0 Å². The summed E-state index contributed by atoms with van der Waals surface area (Å²) in [6.45, 7) is 0. The third kappa shape index (κ3) is 2.20. The highest BCUT2D eigenvalue weighted by molar-refractivity contribution is 5.64. The van der Waals surface area contributed by atoms with Crippen molar-refractivity contribution in [1.29, 1.82) is 0 Å². The summed E-state index contributed by atoms with van der Waals surface area (Å²) in [5.74, 6) is -8.10. The maximum Gasteiger partial charge on any atom is 0.407 e. The van der Waals surface area contributed by atoms with Gasteiger partial charge in [0.2, 0.25) is 0 Å². The molecule has 0 fully saturated rings. The van der Waals surface area contributed by atoms with Gasteiger partial charge in [-0.05, 0) is 6.07 Å². The minimum absolute atomic E-state index is 0.0291. The lowest BCUT2D eigenvalue weighted by Crippen LogP contribution is -2.16. The first-order valence-electron chi connectivity index (χ1n) is 3.77.